The van der Waals surface area contributed by atoms with E-state index in [1.807, 2.05) is 0 Å². The van der Waals surface area contributed by atoms with Gasteiger partial charge in [0.05, 0.1) is 15.4 Å². The normalized spacial score (nSPS) is 12.7. The molecular formula is C32H16Cl2N8O6S2. The molecule has 246 valence electrons. The van der Waals surface area contributed by atoms with Crippen molar-refractivity contribution < 1.29 is 25.9 Å². The van der Waals surface area contributed by atoms with Gasteiger partial charge in [0, 0.05) is 38.4 Å². The van der Waals surface area contributed by atoms with E-state index in [1.165, 1.54) is 6.07 Å². The summed E-state index contributed by atoms with van der Waals surface area (Å²) >= 11 is 12.8. The van der Waals surface area contributed by atoms with E-state index in [2.05, 4.69) is 29.9 Å². The van der Waals surface area contributed by atoms with Crippen molar-refractivity contribution in [3.8, 4) is 45.6 Å². The topological polar surface area (TPSA) is 207 Å². The number of rotatable bonds is 2. The van der Waals surface area contributed by atoms with Gasteiger partial charge in [-0.3, -0.25) is 9.11 Å². The summed E-state index contributed by atoms with van der Waals surface area (Å²) < 4.78 is 73.5. The first-order valence-electron chi connectivity index (χ1n) is 14.5. The molecule has 50 heavy (non-hydrogen) atoms. The number of hydrogen-bond donors (Lipinski definition) is 3. The van der Waals surface area contributed by atoms with Gasteiger partial charge < -0.3 is 4.98 Å². The van der Waals surface area contributed by atoms with E-state index in [4.69, 9.17) is 28.2 Å². The van der Waals surface area contributed by atoms with Crippen LogP contribution in [0.3, 0.4) is 0 Å². The number of hydrogen-bond acceptors (Lipinski definition) is 10. The molecule has 0 atom stereocenters. The Balaban J connectivity index is 1.59. The Morgan fingerprint density at radius 3 is 1.48 bits per heavy atom. The third kappa shape index (κ3) is 4.54. The highest BCUT2D eigenvalue weighted by Crippen LogP contribution is 2.41. The Bertz CT molecular complexity index is 3090. The van der Waals surface area contributed by atoms with E-state index in [0.717, 1.165) is 0 Å². The van der Waals surface area contributed by atoms with Gasteiger partial charge in [0.2, 0.25) is 0 Å². The molecule has 3 aromatic heterocycles. The lowest BCUT2D eigenvalue weighted by Crippen LogP contribution is -2.11. The quantitative estimate of drug-likeness (QED) is 0.161. The van der Waals surface area contributed by atoms with Crippen molar-refractivity contribution in [1.29, 1.82) is 0 Å². The minimum atomic E-state index is -5.03. The van der Waals surface area contributed by atoms with Gasteiger partial charge >= 0.3 is 10.3 Å². The first kappa shape index (κ1) is 30.7. The zero-order valence-electron chi connectivity index (χ0n) is 24.7. The molecule has 5 heterocycles. The highest BCUT2D eigenvalue weighted by Gasteiger charge is 2.28. The fourth-order valence-electron chi connectivity index (χ4n) is 6.24. The molecule has 7 aromatic rings. The number of nitrogens with one attached hydrogen (secondary N) is 1. The number of aromatic amines is 1. The van der Waals surface area contributed by atoms with Gasteiger partial charge in [0.1, 0.15) is 16.2 Å². The molecule has 0 saturated carbocycles. The van der Waals surface area contributed by atoms with E-state index in [0.29, 0.717) is 37.0 Å². The highest BCUT2D eigenvalue weighted by molar-refractivity contribution is 7.86. The average molecular weight is 744 g/mol. The highest BCUT2D eigenvalue weighted by atomic mass is 35.5. The number of benzene rings is 4. The Morgan fingerprint density at radius 2 is 1.02 bits per heavy atom. The number of nitrogens with zero attached hydrogens (tertiary/aromatic N) is 7. The largest absolute Gasteiger partial charge is 0.366 e. The molecule has 0 radical (unpaired) electrons. The Kier molecular flexibility index (Phi) is 6.49. The summed E-state index contributed by atoms with van der Waals surface area (Å²) in [6.07, 6.45) is 0. The molecular weight excluding hydrogens is 727 g/mol. The second-order valence-electron chi connectivity index (χ2n) is 11.2. The average Bonchev–Trinajstić information content (AvgIpc) is 3.79. The molecule has 4 aromatic carbocycles. The molecule has 0 fully saturated rings. The van der Waals surface area contributed by atoms with Crippen LogP contribution >= 0.6 is 23.2 Å². The standard InChI is InChI=1S/C32H16Cl2N8O6S2/c33-21-13-20-22(24(23(21)34)49(43,44)45)30-38-26-15-8-2-4-10-17(15)28(36-26)41-32-19-12-6-5-11-18(19)31(42(32)50(46,47)48)40-27-16-9-3-1-7-14(16)25(35-27)37-29(20)39-30/h1-13H,(H,43,44,45)(H,46,47,48)(H,35,36,37,38,39,40,41). The van der Waals surface area contributed by atoms with Crippen molar-refractivity contribution in [3.05, 3.63) is 88.9 Å². The molecule has 9 rings (SSSR count). The lowest BCUT2D eigenvalue weighted by molar-refractivity contribution is 0.475. The van der Waals surface area contributed by atoms with Crippen molar-refractivity contribution in [1.82, 2.24) is 38.9 Å². The molecule has 2 aliphatic heterocycles. The minimum Gasteiger partial charge on any atom is -0.324 e. The van der Waals surface area contributed by atoms with Crippen molar-refractivity contribution >= 4 is 87.8 Å². The van der Waals surface area contributed by atoms with Crippen molar-refractivity contribution in [2.75, 3.05) is 0 Å². The molecule has 0 amide bonds. The van der Waals surface area contributed by atoms with Gasteiger partial charge in [-0.2, -0.15) is 20.8 Å². The van der Waals surface area contributed by atoms with Gasteiger partial charge in [0.15, 0.2) is 34.6 Å². The Morgan fingerprint density at radius 1 is 0.580 bits per heavy atom. The van der Waals surface area contributed by atoms with Gasteiger partial charge in [-0.25, -0.2) is 29.9 Å². The van der Waals surface area contributed by atoms with Gasteiger partial charge in [-0.15, -0.1) is 0 Å². The maximum Gasteiger partial charge on any atom is 0.366 e. The van der Waals surface area contributed by atoms with E-state index < -0.39 is 30.3 Å². The van der Waals surface area contributed by atoms with Crippen LogP contribution in [0.25, 0.3) is 89.7 Å². The fourth-order valence-corrected chi connectivity index (χ4v) is 8.46. The second-order valence-corrected chi connectivity index (χ2v) is 14.6. The van der Waals surface area contributed by atoms with Crippen molar-refractivity contribution in [2.45, 2.75) is 4.90 Å². The van der Waals surface area contributed by atoms with E-state index >= 15 is 0 Å². The summed E-state index contributed by atoms with van der Waals surface area (Å²) in [4.78, 5) is 30.4. The summed E-state index contributed by atoms with van der Waals surface area (Å²) in [6.45, 7) is 0. The summed E-state index contributed by atoms with van der Waals surface area (Å²) in [6, 6.07) is 21.8. The predicted octanol–water partition coefficient (Wildman–Crippen LogP) is 6.55. The van der Waals surface area contributed by atoms with Crippen LogP contribution in [0, 0.1) is 0 Å². The fraction of sp³-hybridized carbons (Fsp3) is 0. The number of aromatic nitrogens is 8. The lowest BCUT2D eigenvalue weighted by Gasteiger charge is -2.05. The lowest BCUT2D eigenvalue weighted by atomic mass is 10.1. The monoisotopic (exact) mass is 742 g/mol. The number of halogens is 2. The molecule has 3 N–H and O–H groups in total. The summed E-state index contributed by atoms with van der Waals surface area (Å²) in [7, 11) is -10.0. The van der Waals surface area contributed by atoms with Crippen LogP contribution in [0.5, 0.6) is 0 Å². The van der Waals surface area contributed by atoms with Crippen LogP contribution in [-0.4, -0.2) is 64.8 Å². The summed E-state index contributed by atoms with van der Waals surface area (Å²) in [5, 5.41) is 0.0922. The van der Waals surface area contributed by atoms with Gasteiger partial charge in [-0.1, -0.05) is 96.0 Å². The number of H-pyrrole nitrogens is 1. The van der Waals surface area contributed by atoms with Crippen LogP contribution in [0.1, 0.15) is 0 Å². The molecule has 0 saturated heterocycles. The first-order valence-corrected chi connectivity index (χ1v) is 18.1. The van der Waals surface area contributed by atoms with Crippen molar-refractivity contribution in [2.24, 2.45) is 0 Å². The van der Waals surface area contributed by atoms with Crippen LogP contribution in [0.2, 0.25) is 10.0 Å². The third-order valence-electron chi connectivity index (χ3n) is 8.29. The van der Waals surface area contributed by atoms with E-state index in [9.17, 15) is 25.9 Å². The maximum atomic E-state index is 13.1. The van der Waals surface area contributed by atoms with Crippen LogP contribution in [0.15, 0.2) is 83.8 Å². The summed E-state index contributed by atoms with van der Waals surface area (Å²) in [5.74, 6) is 0.249. The molecule has 0 unspecified atom stereocenters. The van der Waals surface area contributed by atoms with Crippen molar-refractivity contribution in [3.63, 3.8) is 0 Å². The third-order valence-corrected chi connectivity index (χ3v) is 10.9. The van der Waals surface area contributed by atoms with Crippen LogP contribution in [0.4, 0.5) is 0 Å². The first-order chi connectivity index (χ1) is 23.9. The molecule has 8 bridgehead atoms. The zero-order valence-corrected chi connectivity index (χ0v) is 27.9. The van der Waals surface area contributed by atoms with E-state index in [1.54, 1.807) is 72.8 Å². The molecule has 2 aliphatic rings. The number of fused-ring (bicyclic) bond motifs is 20. The second kappa shape index (κ2) is 10.6. The Labute approximate surface area is 290 Å². The Hall–Kier alpha value is -5.36. The van der Waals surface area contributed by atoms with E-state index in [-0.39, 0.29) is 61.7 Å². The molecule has 0 aliphatic carbocycles. The van der Waals surface area contributed by atoms with Crippen LogP contribution < -0.4 is 0 Å². The smallest absolute Gasteiger partial charge is 0.324 e. The molecule has 0 spiro atoms. The zero-order chi connectivity index (χ0) is 34.7. The molecule has 14 nitrogen and oxygen atoms in total. The van der Waals surface area contributed by atoms with Gasteiger partial charge in [-0.05, 0) is 6.07 Å². The van der Waals surface area contributed by atoms with Gasteiger partial charge in [0.25, 0.3) is 10.1 Å². The minimum absolute atomic E-state index is 0.0298. The maximum absolute atomic E-state index is 13.1. The van der Waals surface area contributed by atoms with Crippen LogP contribution in [-0.2, 0) is 20.4 Å². The SMILES string of the molecule is O=S(=O)(O)c1c(Cl)c(Cl)cc2c3nc4nc(nc5c6ccccc6c(nc6nc(nc([nH]3)c12)-c1ccccc1-6)n5S(=O)(=O)O)-c1ccccc1-4. The predicted molar refractivity (Wildman–Crippen MR) is 186 cm³/mol. The molecule has 18 heteroatoms. The summed E-state index contributed by atoms with van der Waals surface area (Å²) in [5.41, 5.74) is 1.49.